The molecule has 6 rings (SSSR count). The molecular formula is C29H25F6N7O. The van der Waals surface area contributed by atoms with Gasteiger partial charge in [0.1, 0.15) is 11.5 Å². The summed E-state index contributed by atoms with van der Waals surface area (Å²) in [7, 11) is 2.07. The fourth-order valence-electron chi connectivity index (χ4n) is 5.84. The van der Waals surface area contributed by atoms with E-state index in [4.69, 9.17) is 0 Å². The molecule has 2 saturated heterocycles. The third kappa shape index (κ3) is 5.83. The average molecular weight is 602 g/mol. The van der Waals surface area contributed by atoms with Crippen molar-refractivity contribution < 1.29 is 31.1 Å². The highest BCUT2D eigenvalue weighted by Gasteiger charge is 2.39. The molecule has 43 heavy (non-hydrogen) atoms. The van der Waals surface area contributed by atoms with Crippen LogP contribution in [-0.4, -0.2) is 55.9 Å². The lowest BCUT2D eigenvalue weighted by molar-refractivity contribution is -0.138. The van der Waals surface area contributed by atoms with Gasteiger partial charge in [-0.1, -0.05) is 0 Å². The molecule has 0 aliphatic carbocycles. The molecule has 2 unspecified atom stereocenters. The minimum Gasteiger partial charge on any atom is -0.346 e. The van der Waals surface area contributed by atoms with E-state index in [1.54, 1.807) is 0 Å². The van der Waals surface area contributed by atoms with Gasteiger partial charge in [-0.2, -0.15) is 26.3 Å². The number of fused-ring (bicyclic) bond motifs is 3. The fourth-order valence-corrected chi connectivity index (χ4v) is 5.84. The average Bonchev–Trinajstić information content (AvgIpc) is 3.16. The normalized spacial score (nSPS) is 20.8. The van der Waals surface area contributed by atoms with E-state index in [1.807, 2.05) is 0 Å². The second-order valence-corrected chi connectivity index (χ2v) is 10.8. The molecule has 0 saturated carbocycles. The minimum absolute atomic E-state index is 0.0504. The molecule has 2 bridgehead atoms. The Bertz CT molecular complexity index is 1660. The van der Waals surface area contributed by atoms with Crippen molar-refractivity contribution in [3.05, 3.63) is 71.7 Å². The molecule has 0 radical (unpaired) electrons. The predicted molar refractivity (Wildman–Crippen MR) is 145 cm³/mol. The molecule has 224 valence electrons. The van der Waals surface area contributed by atoms with Crippen molar-refractivity contribution in [2.75, 3.05) is 12.4 Å². The van der Waals surface area contributed by atoms with Gasteiger partial charge in [0.25, 0.3) is 5.91 Å². The van der Waals surface area contributed by atoms with E-state index in [9.17, 15) is 31.1 Å². The first-order chi connectivity index (χ1) is 20.4. The first-order valence-corrected chi connectivity index (χ1v) is 13.6. The molecule has 4 aromatic rings. The van der Waals surface area contributed by atoms with Crippen molar-refractivity contribution in [3.8, 4) is 11.4 Å². The molecule has 2 N–H and O–H groups in total. The van der Waals surface area contributed by atoms with E-state index in [-0.39, 0.29) is 40.1 Å². The number of hydrogen-bond donors (Lipinski definition) is 2. The summed E-state index contributed by atoms with van der Waals surface area (Å²) < 4.78 is 80.3. The van der Waals surface area contributed by atoms with Gasteiger partial charge < -0.3 is 15.5 Å². The van der Waals surface area contributed by atoms with Crippen molar-refractivity contribution in [2.24, 2.45) is 0 Å². The molecule has 2 fully saturated rings. The van der Waals surface area contributed by atoms with E-state index < -0.39 is 35.1 Å². The van der Waals surface area contributed by atoms with Gasteiger partial charge in [-0.3, -0.25) is 9.78 Å². The molecule has 0 spiro atoms. The number of anilines is 2. The van der Waals surface area contributed by atoms with Crippen molar-refractivity contribution in [1.29, 1.82) is 0 Å². The summed E-state index contributed by atoms with van der Waals surface area (Å²) in [6.45, 7) is 0. The van der Waals surface area contributed by atoms with Gasteiger partial charge in [-0.05, 0) is 81.3 Å². The second-order valence-electron chi connectivity index (χ2n) is 10.8. The predicted octanol–water partition coefficient (Wildman–Crippen LogP) is 6.22. The van der Waals surface area contributed by atoms with Crippen LogP contribution in [0.3, 0.4) is 0 Å². The number of benzene rings is 1. The number of amides is 1. The van der Waals surface area contributed by atoms with Crippen molar-refractivity contribution in [2.45, 2.75) is 56.2 Å². The Balaban J connectivity index is 1.38. The van der Waals surface area contributed by atoms with E-state index >= 15 is 0 Å². The number of halogens is 6. The minimum atomic E-state index is -4.69. The Morgan fingerprint density at radius 3 is 2.23 bits per heavy atom. The maximum absolute atomic E-state index is 13.7. The van der Waals surface area contributed by atoms with Gasteiger partial charge in [-0.15, -0.1) is 0 Å². The molecule has 1 aromatic carbocycles. The van der Waals surface area contributed by atoms with Gasteiger partial charge in [-0.25, -0.2) is 15.0 Å². The summed E-state index contributed by atoms with van der Waals surface area (Å²) >= 11 is 0. The Kier molecular flexibility index (Phi) is 7.19. The van der Waals surface area contributed by atoms with Crippen LogP contribution in [0.1, 0.15) is 47.4 Å². The van der Waals surface area contributed by atoms with Crippen molar-refractivity contribution in [1.82, 2.24) is 30.2 Å². The third-order valence-corrected chi connectivity index (χ3v) is 8.03. The van der Waals surface area contributed by atoms with Gasteiger partial charge in [0, 0.05) is 30.0 Å². The number of alkyl halides is 6. The van der Waals surface area contributed by atoms with Gasteiger partial charge in [0.2, 0.25) is 5.82 Å². The van der Waals surface area contributed by atoms with Crippen LogP contribution in [0.4, 0.5) is 37.8 Å². The number of aromatic nitrogens is 4. The maximum Gasteiger partial charge on any atom is 0.418 e. The smallest absolute Gasteiger partial charge is 0.346 e. The van der Waals surface area contributed by atoms with Crippen LogP contribution in [0.15, 0.2) is 54.7 Å². The van der Waals surface area contributed by atoms with Crippen LogP contribution in [0.5, 0.6) is 0 Å². The second kappa shape index (κ2) is 10.7. The van der Waals surface area contributed by atoms with E-state index in [0.717, 1.165) is 43.9 Å². The first kappa shape index (κ1) is 28.8. The summed E-state index contributed by atoms with van der Waals surface area (Å²) in [4.78, 5) is 32.5. The Morgan fingerprint density at radius 1 is 0.884 bits per heavy atom. The Labute approximate surface area is 241 Å². The van der Waals surface area contributed by atoms with Crippen molar-refractivity contribution in [3.63, 3.8) is 0 Å². The molecule has 2 aliphatic heterocycles. The molecule has 8 nitrogen and oxygen atoms in total. The van der Waals surface area contributed by atoms with E-state index in [1.165, 1.54) is 36.5 Å². The van der Waals surface area contributed by atoms with E-state index in [2.05, 4.69) is 42.5 Å². The number of carbonyl (C=O) groups is 1. The lowest BCUT2D eigenvalue weighted by atomic mass is 9.98. The number of pyridine rings is 2. The highest BCUT2D eigenvalue weighted by Crippen LogP contribution is 2.37. The van der Waals surface area contributed by atoms with Gasteiger partial charge >= 0.3 is 12.4 Å². The molecule has 14 heteroatoms. The van der Waals surface area contributed by atoms with Gasteiger partial charge in [0.15, 0.2) is 5.65 Å². The Morgan fingerprint density at radius 2 is 1.58 bits per heavy atom. The van der Waals surface area contributed by atoms with Crippen molar-refractivity contribution >= 4 is 28.4 Å². The summed E-state index contributed by atoms with van der Waals surface area (Å²) in [6, 6.07) is 9.57. The van der Waals surface area contributed by atoms with Gasteiger partial charge in [0.05, 0.1) is 22.2 Å². The maximum atomic E-state index is 13.7. The Hall–Kier alpha value is -4.33. The summed E-state index contributed by atoms with van der Waals surface area (Å²) in [5, 5.41) is 6.13. The zero-order valence-corrected chi connectivity index (χ0v) is 22.7. The largest absolute Gasteiger partial charge is 0.418 e. The lowest BCUT2D eigenvalue weighted by Crippen LogP contribution is -2.49. The fraction of sp³-hybridized carbons (Fsp3) is 0.345. The van der Waals surface area contributed by atoms with Crippen LogP contribution < -0.4 is 10.6 Å². The van der Waals surface area contributed by atoms with Crippen LogP contribution in [0.25, 0.3) is 22.4 Å². The van der Waals surface area contributed by atoms with Crippen LogP contribution in [0, 0.1) is 0 Å². The number of nitrogens with zero attached hydrogens (tertiary/aromatic N) is 5. The van der Waals surface area contributed by atoms with Crippen LogP contribution in [0.2, 0.25) is 0 Å². The lowest BCUT2D eigenvalue weighted by Gasteiger charge is -2.36. The summed E-state index contributed by atoms with van der Waals surface area (Å²) in [5.74, 6) is -0.822. The molecule has 1 amide bonds. The number of nitrogens with one attached hydrogen (secondary N) is 2. The number of carbonyl (C=O) groups excluding carboxylic acids is 1. The molecule has 2 aliphatic rings. The zero-order chi connectivity index (χ0) is 30.5. The third-order valence-electron chi connectivity index (χ3n) is 8.03. The number of rotatable bonds is 5. The number of hydrogen-bond acceptors (Lipinski definition) is 7. The topological polar surface area (TPSA) is 95.9 Å². The molecule has 2 atom stereocenters. The van der Waals surface area contributed by atoms with E-state index in [0.29, 0.717) is 12.1 Å². The monoisotopic (exact) mass is 601 g/mol. The zero-order valence-electron chi connectivity index (χ0n) is 22.7. The number of piperidine rings is 1. The summed E-state index contributed by atoms with van der Waals surface area (Å²) in [5.41, 5.74) is -2.24. The standard InChI is InChI=1S/C29H25F6N7O/c1-42-18-8-9-19(42)14-17(13-18)38-27(43)26-40-24(37-16-6-4-15(5-7-16)28(30,31)32)20-10-11-22(39-25(20)41-26)23-21(29(33,34)35)3-2-12-36-23/h2-7,10-12,17-19H,8-9,13-14H2,1H3,(H,38,43)(H,37,39,40,41). The molecule has 5 heterocycles. The van der Waals surface area contributed by atoms with Crippen LogP contribution in [-0.2, 0) is 12.4 Å². The highest BCUT2D eigenvalue weighted by molar-refractivity contribution is 5.96. The first-order valence-electron chi connectivity index (χ1n) is 13.6. The SMILES string of the molecule is CN1C2CCC1CC(NC(=O)c1nc(Nc3ccc(C(F)(F)F)cc3)c3ccc(-c4ncccc4C(F)(F)F)nc3n1)C2. The molecule has 3 aromatic heterocycles. The van der Waals surface area contributed by atoms with Crippen LogP contribution >= 0.6 is 0 Å². The summed E-state index contributed by atoms with van der Waals surface area (Å²) in [6.07, 6.45) is -4.42. The quantitative estimate of drug-likeness (QED) is 0.262. The highest BCUT2D eigenvalue weighted by atomic mass is 19.4. The molecular weight excluding hydrogens is 576 g/mol.